The molecule has 0 spiro atoms. The maximum absolute atomic E-state index is 9.16. The first-order valence-corrected chi connectivity index (χ1v) is 6.03. The average molecular weight is 242 g/mol. The highest BCUT2D eigenvalue weighted by Crippen LogP contribution is 2.16. The van der Waals surface area contributed by atoms with Crippen molar-refractivity contribution in [2.75, 3.05) is 19.7 Å². The zero-order chi connectivity index (χ0) is 11.5. The van der Waals surface area contributed by atoms with Crippen LogP contribution in [0.1, 0.15) is 12.8 Å². The number of piperidine rings is 1. The minimum Gasteiger partial charge on any atom is -0.396 e. The van der Waals surface area contributed by atoms with Gasteiger partial charge in [-0.3, -0.25) is 4.90 Å². The summed E-state index contributed by atoms with van der Waals surface area (Å²) < 4.78 is 4.41. The predicted octanol–water partition coefficient (Wildman–Crippen LogP) is 0.613. The monoisotopic (exact) mass is 242 g/mol. The van der Waals surface area contributed by atoms with Gasteiger partial charge in [-0.15, -0.1) is 0 Å². The summed E-state index contributed by atoms with van der Waals surface area (Å²) in [7, 11) is 1.90. The van der Waals surface area contributed by atoms with Crippen molar-refractivity contribution in [1.29, 1.82) is 0 Å². The van der Waals surface area contributed by atoms with Crippen molar-refractivity contribution in [2.45, 2.75) is 19.5 Å². The van der Waals surface area contributed by atoms with Crippen molar-refractivity contribution in [1.82, 2.24) is 19.2 Å². The second-order valence-electron chi connectivity index (χ2n) is 4.43. The van der Waals surface area contributed by atoms with Crippen LogP contribution in [0.2, 0.25) is 0 Å². The van der Waals surface area contributed by atoms with Crippen molar-refractivity contribution < 1.29 is 5.11 Å². The van der Waals surface area contributed by atoms with E-state index in [0.29, 0.717) is 5.92 Å². The van der Waals surface area contributed by atoms with Gasteiger partial charge >= 0.3 is 0 Å². The van der Waals surface area contributed by atoms with Gasteiger partial charge in [-0.05, 0) is 37.5 Å². The molecule has 0 saturated carbocycles. The summed E-state index contributed by atoms with van der Waals surface area (Å²) in [6, 6.07) is 0. The van der Waals surface area contributed by atoms with Crippen molar-refractivity contribution >= 4 is 12.2 Å². The number of likely N-dealkylation sites (tertiary alicyclic amines) is 1. The fraction of sp³-hybridized carbons (Fsp3) is 0.800. The molecule has 1 aliphatic rings. The summed E-state index contributed by atoms with van der Waals surface area (Å²) >= 11 is 5.24. The number of aryl methyl sites for hydroxylation is 1. The molecule has 1 saturated heterocycles. The Labute approximate surface area is 100 Å². The van der Waals surface area contributed by atoms with E-state index in [0.717, 1.165) is 37.4 Å². The van der Waals surface area contributed by atoms with E-state index in [-0.39, 0.29) is 6.61 Å². The van der Waals surface area contributed by atoms with Gasteiger partial charge in [-0.25, -0.2) is 4.68 Å². The van der Waals surface area contributed by atoms with Gasteiger partial charge in [0, 0.05) is 20.2 Å². The molecule has 0 radical (unpaired) electrons. The van der Waals surface area contributed by atoms with Crippen LogP contribution in [0.5, 0.6) is 0 Å². The molecule has 0 bridgehead atoms. The van der Waals surface area contributed by atoms with E-state index in [4.69, 9.17) is 17.3 Å². The second kappa shape index (κ2) is 5.07. The van der Waals surface area contributed by atoms with E-state index in [1.165, 1.54) is 0 Å². The third-order valence-electron chi connectivity index (χ3n) is 3.08. The lowest BCUT2D eigenvalue weighted by atomic mass is 10.00. The molecule has 6 heteroatoms. The van der Waals surface area contributed by atoms with Crippen molar-refractivity contribution in [3.05, 3.63) is 11.1 Å². The van der Waals surface area contributed by atoms with E-state index in [1.54, 1.807) is 6.33 Å². The molecule has 1 fully saturated rings. The number of rotatable bonds is 3. The van der Waals surface area contributed by atoms with Gasteiger partial charge in [0.2, 0.25) is 0 Å². The topological polar surface area (TPSA) is 46.2 Å². The molecule has 2 heterocycles. The molecule has 5 nitrogen and oxygen atoms in total. The fourth-order valence-corrected chi connectivity index (χ4v) is 2.29. The Morgan fingerprint density at radius 1 is 1.62 bits per heavy atom. The van der Waals surface area contributed by atoms with Gasteiger partial charge in [0.15, 0.2) is 4.77 Å². The van der Waals surface area contributed by atoms with Crippen LogP contribution >= 0.6 is 12.2 Å². The van der Waals surface area contributed by atoms with Crippen LogP contribution in [-0.4, -0.2) is 44.1 Å². The van der Waals surface area contributed by atoms with Crippen LogP contribution in [0.4, 0.5) is 0 Å². The predicted molar refractivity (Wildman–Crippen MR) is 63.4 cm³/mol. The Hall–Kier alpha value is -0.720. The molecule has 1 aromatic heterocycles. The normalized spacial score (nSPS) is 22.5. The summed E-state index contributed by atoms with van der Waals surface area (Å²) in [4.78, 5) is 2.30. The van der Waals surface area contributed by atoms with E-state index in [2.05, 4.69) is 10.00 Å². The molecule has 90 valence electrons. The van der Waals surface area contributed by atoms with Gasteiger partial charge in [-0.1, -0.05) is 0 Å². The third kappa shape index (κ3) is 2.50. The molecule has 1 N–H and O–H groups in total. The van der Waals surface area contributed by atoms with Crippen LogP contribution in [0.25, 0.3) is 0 Å². The molecule has 0 unspecified atom stereocenters. The molecule has 1 aromatic rings. The first-order chi connectivity index (χ1) is 7.70. The van der Waals surface area contributed by atoms with E-state index in [9.17, 15) is 0 Å². The Kier molecular flexibility index (Phi) is 3.73. The second-order valence-corrected chi connectivity index (χ2v) is 4.80. The highest BCUT2D eigenvalue weighted by Gasteiger charge is 2.19. The van der Waals surface area contributed by atoms with Crippen molar-refractivity contribution in [3.63, 3.8) is 0 Å². The SMILES string of the molecule is Cn1cnn(CN2CCC[C@@H](CO)C2)c1=S. The van der Waals surface area contributed by atoms with Crippen molar-refractivity contribution in [3.8, 4) is 0 Å². The minimum absolute atomic E-state index is 0.282. The van der Waals surface area contributed by atoms with Gasteiger partial charge in [0.25, 0.3) is 0 Å². The summed E-state index contributed by atoms with van der Waals surface area (Å²) in [5, 5.41) is 13.4. The number of hydrogen-bond acceptors (Lipinski definition) is 4. The highest BCUT2D eigenvalue weighted by molar-refractivity contribution is 7.71. The third-order valence-corrected chi connectivity index (χ3v) is 3.58. The number of hydrogen-bond donors (Lipinski definition) is 1. The molecule has 1 atom stereocenters. The quantitative estimate of drug-likeness (QED) is 0.789. The molecular weight excluding hydrogens is 224 g/mol. The van der Waals surface area contributed by atoms with E-state index in [1.807, 2.05) is 16.3 Å². The Balaban J connectivity index is 1.99. The van der Waals surface area contributed by atoms with Crippen LogP contribution in [0.15, 0.2) is 6.33 Å². The lowest BCUT2D eigenvalue weighted by Crippen LogP contribution is -2.38. The fourth-order valence-electron chi connectivity index (χ4n) is 2.14. The first-order valence-electron chi connectivity index (χ1n) is 5.62. The maximum atomic E-state index is 9.16. The Morgan fingerprint density at radius 2 is 2.44 bits per heavy atom. The smallest absolute Gasteiger partial charge is 0.198 e. The molecule has 0 aromatic carbocycles. The summed E-state index contributed by atoms with van der Waals surface area (Å²) in [6.07, 6.45) is 4.00. The molecule has 0 amide bonds. The van der Waals surface area contributed by atoms with Crippen LogP contribution < -0.4 is 0 Å². The molecular formula is C10H18N4OS. The zero-order valence-electron chi connectivity index (χ0n) is 9.54. The van der Waals surface area contributed by atoms with Crippen LogP contribution in [0.3, 0.4) is 0 Å². The largest absolute Gasteiger partial charge is 0.396 e. The van der Waals surface area contributed by atoms with Crippen LogP contribution in [0, 0.1) is 10.7 Å². The molecule has 2 rings (SSSR count). The number of aromatic nitrogens is 3. The van der Waals surface area contributed by atoms with Gasteiger partial charge < -0.3 is 9.67 Å². The minimum atomic E-state index is 0.282. The van der Waals surface area contributed by atoms with Gasteiger partial charge in [-0.2, -0.15) is 5.10 Å². The number of aliphatic hydroxyl groups is 1. The van der Waals surface area contributed by atoms with Crippen molar-refractivity contribution in [2.24, 2.45) is 13.0 Å². The molecule has 16 heavy (non-hydrogen) atoms. The van der Waals surface area contributed by atoms with E-state index < -0.39 is 0 Å². The Bertz CT molecular complexity index is 400. The summed E-state index contributed by atoms with van der Waals surface area (Å²) in [5.41, 5.74) is 0. The Morgan fingerprint density at radius 3 is 3.06 bits per heavy atom. The summed E-state index contributed by atoms with van der Waals surface area (Å²) in [5.74, 6) is 0.409. The zero-order valence-corrected chi connectivity index (χ0v) is 10.4. The average Bonchev–Trinajstić information content (AvgIpc) is 2.61. The number of aliphatic hydroxyl groups excluding tert-OH is 1. The van der Waals surface area contributed by atoms with Crippen LogP contribution in [-0.2, 0) is 13.7 Å². The summed E-state index contributed by atoms with van der Waals surface area (Å²) in [6.45, 7) is 3.02. The maximum Gasteiger partial charge on any atom is 0.198 e. The lowest BCUT2D eigenvalue weighted by molar-refractivity contribution is 0.0938. The molecule has 1 aliphatic heterocycles. The standard InChI is InChI=1S/C10H18N4OS/c1-12-7-11-14(10(12)16)8-13-4-2-3-9(5-13)6-15/h7,9,15H,2-6,8H2,1H3/t9-/m1/s1. The van der Waals surface area contributed by atoms with Gasteiger partial charge in [0.05, 0.1) is 6.67 Å². The number of nitrogens with zero attached hydrogens (tertiary/aromatic N) is 4. The van der Waals surface area contributed by atoms with E-state index >= 15 is 0 Å². The molecule has 0 aliphatic carbocycles. The lowest BCUT2D eigenvalue weighted by Gasteiger charge is -2.31. The van der Waals surface area contributed by atoms with Gasteiger partial charge in [0.1, 0.15) is 6.33 Å². The highest BCUT2D eigenvalue weighted by atomic mass is 32.1. The first kappa shape index (κ1) is 11.8.